The van der Waals surface area contributed by atoms with Gasteiger partial charge in [-0.05, 0) is 74.3 Å². The third-order valence-corrected chi connectivity index (χ3v) is 3.91. The zero-order chi connectivity index (χ0) is 15.7. The maximum atomic E-state index is 5.80. The van der Waals surface area contributed by atoms with Crippen molar-refractivity contribution >= 4 is 0 Å². The molecule has 0 amide bonds. The summed E-state index contributed by atoms with van der Waals surface area (Å²) in [6.45, 7) is 11.9. The van der Waals surface area contributed by atoms with Gasteiger partial charge < -0.3 is 4.74 Å². The number of benzene rings is 1. The zero-order valence-electron chi connectivity index (χ0n) is 14.5. The molecule has 0 heterocycles. The highest BCUT2D eigenvalue weighted by molar-refractivity contribution is 5.43. The molecule has 0 aromatic heterocycles. The molecule has 1 atom stereocenters. The highest BCUT2D eigenvalue weighted by Gasteiger charge is 2.15. The lowest BCUT2D eigenvalue weighted by molar-refractivity contribution is 0.317. The van der Waals surface area contributed by atoms with E-state index >= 15 is 0 Å². The molecule has 1 aromatic rings. The largest absolute Gasteiger partial charge is 0.494 e. The van der Waals surface area contributed by atoms with Gasteiger partial charge in [0, 0.05) is 0 Å². The number of ether oxygens (including phenoxy) is 1. The van der Waals surface area contributed by atoms with Crippen molar-refractivity contribution in [3.05, 3.63) is 41.0 Å². The van der Waals surface area contributed by atoms with Gasteiger partial charge in [0.25, 0.3) is 0 Å². The fourth-order valence-electron chi connectivity index (χ4n) is 3.04. The standard InChI is InChI=1S/C20H32O/c1-6-9-10-12-18(11-7-2)20-16(4)14-19(15-17(20)5)21-13-8-3/h9-10,14-15,18H,6-8,11-13H2,1-5H3/b10-9-. The first-order valence-electron chi connectivity index (χ1n) is 8.52. The zero-order valence-corrected chi connectivity index (χ0v) is 14.5. The quantitative estimate of drug-likeness (QED) is 0.482. The molecule has 0 aliphatic carbocycles. The Bertz CT molecular complexity index is 422. The normalized spacial score (nSPS) is 12.8. The van der Waals surface area contributed by atoms with Crippen LogP contribution in [0.4, 0.5) is 0 Å². The van der Waals surface area contributed by atoms with Gasteiger partial charge in [-0.2, -0.15) is 0 Å². The van der Waals surface area contributed by atoms with E-state index < -0.39 is 0 Å². The Morgan fingerprint density at radius 1 is 1.00 bits per heavy atom. The lowest BCUT2D eigenvalue weighted by Gasteiger charge is -2.21. The van der Waals surface area contributed by atoms with Gasteiger partial charge in [-0.3, -0.25) is 0 Å². The summed E-state index contributed by atoms with van der Waals surface area (Å²) < 4.78 is 5.80. The van der Waals surface area contributed by atoms with Crippen LogP contribution in [0, 0.1) is 13.8 Å². The van der Waals surface area contributed by atoms with E-state index in [-0.39, 0.29) is 0 Å². The molecule has 0 N–H and O–H groups in total. The van der Waals surface area contributed by atoms with Gasteiger partial charge in [0.05, 0.1) is 6.61 Å². The molecule has 1 unspecified atom stereocenters. The Kier molecular flexibility index (Phi) is 8.19. The molecule has 0 aliphatic rings. The molecule has 0 fully saturated rings. The molecular formula is C20H32O. The van der Waals surface area contributed by atoms with Crippen LogP contribution in [0.2, 0.25) is 0 Å². The van der Waals surface area contributed by atoms with Gasteiger partial charge in [-0.25, -0.2) is 0 Å². The summed E-state index contributed by atoms with van der Waals surface area (Å²) in [5, 5.41) is 0. The molecule has 0 saturated carbocycles. The van der Waals surface area contributed by atoms with Crippen LogP contribution in [0.1, 0.15) is 75.5 Å². The molecule has 0 radical (unpaired) electrons. The number of hydrogen-bond acceptors (Lipinski definition) is 1. The van der Waals surface area contributed by atoms with Gasteiger partial charge >= 0.3 is 0 Å². The number of allylic oxidation sites excluding steroid dienone is 2. The van der Waals surface area contributed by atoms with Crippen LogP contribution in [0.5, 0.6) is 5.75 Å². The van der Waals surface area contributed by atoms with Gasteiger partial charge in [-0.1, -0.05) is 39.3 Å². The van der Waals surface area contributed by atoms with Crippen molar-refractivity contribution in [1.29, 1.82) is 0 Å². The Morgan fingerprint density at radius 3 is 2.19 bits per heavy atom. The summed E-state index contributed by atoms with van der Waals surface area (Å²) in [7, 11) is 0. The van der Waals surface area contributed by atoms with Gasteiger partial charge in [0.2, 0.25) is 0 Å². The van der Waals surface area contributed by atoms with E-state index in [1.165, 1.54) is 29.5 Å². The Balaban J connectivity index is 2.98. The SMILES string of the molecule is CC/C=C\CC(CCC)c1c(C)cc(OCCC)cc1C. The Hall–Kier alpha value is -1.24. The van der Waals surface area contributed by atoms with Crippen molar-refractivity contribution in [3.63, 3.8) is 0 Å². The van der Waals surface area contributed by atoms with E-state index in [1.807, 2.05) is 0 Å². The minimum Gasteiger partial charge on any atom is -0.494 e. The van der Waals surface area contributed by atoms with Crippen LogP contribution in [0.25, 0.3) is 0 Å². The van der Waals surface area contributed by atoms with Crippen LogP contribution < -0.4 is 4.74 Å². The second kappa shape index (κ2) is 9.65. The van der Waals surface area contributed by atoms with E-state index in [2.05, 4.69) is 58.9 Å². The Morgan fingerprint density at radius 2 is 1.67 bits per heavy atom. The predicted molar refractivity (Wildman–Crippen MR) is 93.4 cm³/mol. The van der Waals surface area contributed by atoms with E-state index in [4.69, 9.17) is 4.74 Å². The molecule has 1 rings (SSSR count). The van der Waals surface area contributed by atoms with Crippen molar-refractivity contribution in [2.45, 2.75) is 72.6 Å². The molecule has 1 aromatic carbocycles. The van der Waals surface area contributed by atoms with Crippen molar-refractivity contribution in [2.24, 2.45) is 0 Å². The maximum absolute atomic E-state index is 5.80. The first-order valence-corrected chi connectivity index (χ1v) is 8.52. The van der Waals surface area contributed by atoms with Crippen LogP contribution in [-0.2, 0) is 0 Å². The monoisotopic (exact) mass is 288 g/mol. The smallest absolute Gasteiger partial charge is 0.119 e. The first kappa shape index (κ1) is 17.8. The van der Waals surface area contributed by atoms with Crippen LogP contribution in [0.15, 0.2) is 24.3 Å². The second-order valence-corrected chi connectivity index (χ2v) is 5.92. The summed E-state index contributed by atoms with van der Waals surface area (Å²) in [6.07, 6.45) is 10.5. The first-order chi connectivity index (χ1) is 10.1. The second-order valence-electron chi connectivity index (χ2n) is 5.92. The third kappa shape index (κ3) is 5.57. The average molecular weight is 288 g/mol. The average Bonchev–Trinajstić information content (AvgIpc) is 2.44. The summed E-state index contributed by atoms with van der Waals surface area (Å²) >= 11 is 0. The number of aryl methyl sites for hydroxylation is 2. The van der Waals surface area contributed by atoms with E-state index in [0.717, 1.165) is 31.6 Å². The number of rotatable bonds is 9. The van der Waals surface area contributed by atoms with Gasteiger partial charge in [0.1, 0.15) is 5.75 Å². The topological polar surface area (TPSA) is 9.23 Å². The van der Waals surface area contributed by atoms with E-state index in [1.54, 1.807) is 0 Å². The fraction of sp³-hybridized carbons (Fsp3) is 0.600. The summed E-state index contributed by atoms with van der Waals surface area (Å²) in [6, 6.07) is 4.42. The number of hydrogen-bond donors (Lipinski definition) is 0. The van der Waals surface area contributed by atoms with Crippen molar-refractivity contribution in [3.8, 4) is 5.75 Å². The van der Waals surface area contributed by atoms with Crippen molar-refractivity contribution < 1.29 is 4.74 Å². The van der Waals surface area contributed by atoms with Crippen molar-refractivity contribution in [1.82, 2.24) is 0 Å². The molecule has 0 aliphatic heterocycles. The molecule has 0 spiro atoms. The van der Waals surface area contributed by atoms with E-state index in [9.17, 15) is 0 Å². The molecular weight excluding hydrogens is 256 g/mol. The van der Waals surface area contributed by atoms with Crippen molar-refractivity contribution in [2.75, 3.05) is 6.61 Å². The molecule has 1 nitrogen and oxygen atoms in total. The predicted octanol–water partition coefficient (Wildman–Crippen LogP) is 6.33. The maximum Gasteiger partial charge on any atom is 0.119 e. The highest BCUT2D eigenvalue weighted by atomic mass is 16.5. The minimum atomic E-state index is 0.637. The summed E-state index contributed by atoms with van der Waals surface area (Å²) in [5.74, 6) is 1.66. The van der Waals surface area contributed by atoms with Gasteiger partial charge in [0.15, 0.2) is 0 Å². The molecule has 21 heavy (non-hydrogen) atoms. The van der Waals surface area contributed by atoms with Crippen LogP contribution in [-0.4, -0.2) is 6.61 Å². The third-order valence-electron chi connectivity index (χ3n) is 3.91. The summed E-state index contributed by atoms with van der Waals surface area (Å²) in [5.41, 5.74) is 4.29. The van der Waals surface area contributed by atoms with E-state index in [0.29, 0.717) is 5.92 Å². The highest BCUT2D eigenvalue weighted by Crippen LogP contribution is 2.33. The Labute approximate surface area is 131 Å². The molecule has 118 valence electrons. The molecule has 0 bridgehead atoms. The molecule has 0 saturated heterocycles. The fourth-order valence-corrected chi connectivity index (χ4v) is 3.04. The van der Waals surface area contributed by atoms with Crippen LogP contribution >= 0.6 is 0 Å². The molecule has 1 heteroatoms. The van der Waals surface area contributed by atoms with Crippen LogP contribution in [0.3, 0.4) is 0 Å². The summed E-state index contributed by atoms with van der Waals surface area (Å²) in [4.78, 5) is 0. The minimum absolute atomic E-state index is 0.637. The van der Waals surface area contributed by atoms with Gasteiger partial charge in [-0.15, -0.1) is 0 Å². The lowest BCUT2D eigenvalue weighted by atomic mass is 9.85. The lowest BCUT2D eigenvalue weighted by Crippen LogP contribution is -2.05.